The lowest BCUT2D eigenvalue weighted by Crippen LogP contribution is -2.33. The van der Waals surface area contributed by atoms with Crippen molar-refractivity contribution in [2.45, 2.75) is 25.4 Å². The third kappa shape index (κ3) is 2.58. The average Bonchev–Trinajstić information content (AvgIpc) is 2.89. The number of hydrogen-bond donors (Lipinski definition) is 3. The van der Waals surface area contributed by atoms with E-state index < -0.39 is 0 Å². The summed E-state index contributed by atoms with van der Waals surface area (Å²) in [5.74, 6) is 0.672. The van der Waals surface area contributed by atoms with E-state index in [0.29, 0.717) is 24.5 Å². The molecule has 1 fully saturated rings. The van der Waals surface area contributed by atoms with E-state index in [9.17, 15) is 9.90 Å². The fourth-order valence-electron chi connectivity index (χ4n) is 2.92. The summed E-state index contributed by atoms with van der Waals surface area (Å²) >= 11 is 0. The van der Waals surface area contributed by atoms with E-state index >= 15 is 0 Å². The molecule has 20 heavy (non-hydrogen) atoms. The first-order valence-electron chi connectivity index (χ1n) is 7.21. The first kappa shape index (κ1) is 13.2. The number of anilines is 1. The summed E-state index contributed by atoms with van der Waals surface area (Å²) in [6, 6.07) is 5.53. The van der Waals surface area contributed by atoms with Crippen molar-refractivity contribution in [2.75, 3.05) is 25.0 Å². The normalized spacial score (nSPS) is 24.4. The van der Waals surface area contributed by atoms with Gasteiger partial charge in [0.25, 0.3) is 5.91 Å². The molecule has 1 aliphatic carbocycles. The van der Waals surface area contributed by atoms with Gasteiger partial charge in [0.1, 0.15) is 6.61 Å². The zero-order valence-corrected chi connectivity index (χ0v) is 11.4. The number of rotatable bonds is 3. The maximum absolute atomic E-state index is 12.3. The van der Waals surface area contributed by atoms with E-state index in [1.165, 1.54) is 0 Å². The molecule has 2 aliphatic rings. The smallest absolute Gasteiger partial charge is 0.255 e. The zero-order valence-electron chi connectivity index (χ0n) is 11.4. The molecule has 1 aliphatic heterocycles. The third-order valence-corrected chi connectivity index (χ3v) is 4.07. The molecular formula is C15H20N2O3. The Balaban J connectivity index is 1.68. The van der Waals surface area contributed by atoms with Crippen LogP contribution in [0.2, 0.25) is 0 Å². The number of hydrogen-bond acceptors (Lipinski definition) is 4. The van der Waals surface area contributed by atoms with Crippen molar-refractivity contribution in [3.05, 3.63) is 23.8 Å². The number of ether oxygens (including phenoxy) is 1. The molecule has 1 heterocycles. The second-order valence-electron chi connectivity index (χ2n) is 5.43. The predicted octanol–water partition coefficient (Wildman–Crippen LogP) is 1.38. The van der Waals surface area contributed by atoms with Crippen molar-refractivity contribution in [3.8, 4) is 5.75 Å². The standard InChI is InChI=1S/C15H20N2O3/c18-13-6-1-3-10(13)9-17-15(19)11-4-2-5-12-14(11)20-8-7-16-12/h2,4-5,10,13,16,18H,1,3,6-9H2,(H,17,19). The van der Waals surface area contributed by atoms with E-state index in [-0.39, 0.29) is 17.9 Å². The number of amides is 1. The number of carbonyl (C=O) groups is 1. The second-order valence-corrected chi connectivity index (χ2v) is 5.43. The molecule has 5 heteroatoms. The minimum Gasteiger partial charge on any atom is -0.489 e. The SMILES string of the molecule is O=C(NCC1CCCC1O)c1cccc2c1OCCN2. The van der Waals surface area contributed by atoms with Crippen LogP contribution >= 0.6 is 0 Å². The molecule has 5 nitrogen and oxygen atoms in total. The van der Waals surface area contributed by atoms with Crippen LogP contribution in [0.4, 0.5) is 5.69 Å². The molecule has 1 amide bonds. The van der Waals surface area contributed by atoms with Gasteiger partial charge in [0.05, 0.1) is 17.4 Å². The van der Waals surface area contributed by atoms with Gasteiger partial charge in [-0.25, -0.2) is 0 Å². The number of nitrogens with one attached hydrogen (secondary N) is 2. The highest BCUT2D eigenvalue weighted by atomic mass is 16.5. The quantitative estimate of drug-likeness (QED) is 0.780. The molecule has 1 aromatic carbocycles. The average molecular weight is 276 g/mol. The maximum Gasteiger partial charge on any atom is 0.255 e. The summed E-state index contributed by atoms with van der Waals surface area (Å²) in [4.78, 5) is 12.3. The van der Waals surface area contributed by atoms with Crippen LogP contribution in [-0.4, -0.2) is 36.8 Å². The summed E-state index contributed by atoms with van der Waals surface area (Å²) in [6.07, 6.45) is 2.58. The third-order valence-electron chi connectivity index (χ3n) is 4.07. The van der Waals surface area contributed by atoms with Gasteiger partial charge in [-0.1, -0.05) is 12.5 Å². The lowest BCUT2D eigenvalue weighted by molar-refractivity contribution is 0.0913. The summed E-state index contributed by atoms with van der Waals surface area (Å²) in [6.45, 7) is 1.85. The van der Waals surface area contributed by atoms with Crippen LogP contribution in [0.25, 0.3) is 0 Å². The van der Waals surface area contributed by atoms with Crippen LogP contribution in [0.3, 0.4) is 0 Å². The number of aliphatic hydroxyl groups is 1. The largest absolute Gasteiger partial charge is 0.489 e. The van der Waals surface area contributed by atoms with Crippen molar-refractivity contribution in [2.24, 2.45) is 5.92 Å². The van der Waals surface area contributed by atoms with Gasteiger partial charge in [0, 0.05) is 19.0 Å². The summed E-state index contributed by atoms with van der Waals surface area (Å²) in [5.41, 5.74) is 1.42. The number of aliphatic hydroxyl groups excluding tert-OH is 1. The van der Waals surface area contributed by atoms with E-state index in [2.05, 4.69) is 10.6 Å². The Kier molecular flexibility index (Phi) is 3.78. The molecule has 0 radical (unpaired) electrons. The highest BCUT2D eigenvalue weighted by molar-refractivity contribution is 5.99. The highest BCUT2D eigenvalue weighted by Gasteiger charge is 2.26. The first-order valence-corrected chi connectivity index (χ1v) is 7.21. The van der Waals surface area contributed by atoms with Crippen LogP contribution in [0.15, 0.2) is 18.2 Å². The highest BCUT2D eigenvalue weighted by Crippen LogP contribution is 2.31. The minimum absolute atomic E-state index is 0.135. The van der Waals surface area contributed by atoms with Crippen molar-refractivity contribution < 1.29 is 14.6 Å². The van der Waals surface area contributed by atoms with Crippen LogP contribution in [0, 0.1) is 5.92 Å². The Morgan fingerprint density at radius 3 is 3.15 bits per heavy atom. The molecule has 1 aromatic rings. The van der Waals surface area contributed by atoms with Gasteiger partial charge in [-0.15, -0.1) is 0 Å². The molecule has 2 unspecified atom stereocenters. The zero-order chi connectivity index (χ0) is 13.9. The minimum atomic E-state index is -0.280. The molecule has 0 aromatic heterocycles. The van der Waals surface area contributed by atoms with Crippen molar-refractivity contribution >= 4 is 11.6 Å². The van der Waals surface area contributed by atoms with Gasteiger partial charge in [-0.05, 0) is 25.0 Å². The fourth-order valence-corrected chi connectivity index (χ4v) is 2.92. The van der Waals surface area contributed by atoms with E-state index in [4.69, 9.17) is 4.74 Å². The van der Waals surface area contributed by atoms with Gasteiger partial charge >= 0.3 is 0 Å². The monoisotopic (exact) mass is 276 g/mol. The van der Waals surface area contributed by atoms with Crippen molar-refractivity contribution in [1.29, 1.82) is 0 Å². The van der Waals surface area contributed by atoms with Gasteiger partial charge in [-0.3, -0.25) is 4.79 Å². The fraction of sp³-hybridized carbons (Fsp3) is 0.533. The van der Waals surface area contributed by atoms with Crippen LogP contribution in [0.1, 0.15) is 29.6 Å². The summed E-state index contributed by atoms with van der Waals surface area (Å²) in [5, 5.41) is 15.9. The maximum atomic E-state index is 12.3. The van der Waals surface area contributed by atoms with Crippen LogP contribution in [0.5, 0.6) is 5.75 Å². The first-order chi connectivity index (χ1) is 9.75. The molecule has 3 N–H and O–H groups in total. The molecule has 2 atom stereocenters. The Labute approximate surface area is 118 Å². The Morgan fingerprint density at radius 2 is 2.35 bits per heavy atom. The summed E-state index contributed by atoms with van der Waals surface area (Å²) < 4.78 is 5.60. The Morgan fingerprint density at radius 1 is 1.45 bits per heavy atom. The molecule has 3 rings (SSSR count). The lowest BCUT2D eigenvalue weighted by Gasteiger charge is -2.22. The topological polar surface area (TPSA) is 70.6 Å². The molecule has 0 spiro atoms. The van der Waals surface area contributed by atoms with Crippen LogP contribution < -0.4 is 15.4 Å². The Hall–Kier alpha value is -1.75. The molecule has 0 saturated heterocycles. The Bertz CT molecular complexity index is 504. The van der Waals surface area contributed by atoms with Crippen molar-refractivity contribution in [1.82, 2.24) is 5.32 Å². The van der Waals surface area contributed by atoms with E-state index in [1.54, 1.807) is 6.07 Å². The number of para-hydroxylation sites is 1. The van der Waals surface area contributed by atoms with E-state index in [1.807, 2.05) is 12.1 Å². The number of benzene rings is 1. The summed E-state index contributed by atoms with van der Waals surface area (Å²) in [7, 11) is 0. The van der Waals surface area contributed by atoms with Crippen molar-refractivity contribution in [3.63, 3.8) is 0 Å². The van der Waals surface area contributed by atoms with Gasteiger partial charge in [0.15, 0.2) is 5.75 Å². The van der Waals surface area contributed by atoms with Crippen LogP contribution in [-0.2, 0) is 0 Å². The van der Waals surface area contributed by atoms with Gasteiger partial charge < -0.3 is 20.5 Å². The molecule has 108 valence electrons. The molecular weight excluding hydrogens is 256 g/mol. The predicted molar refractivity (Wildman–Crippen MR) is 76.1 cm³/mol. The second kappa shape index (κ2) is 5.71. The van der Waals surface area contributed by atoms with Gasteiger partial charge in [-0.2, -0.15) is 0 Å². The lowest BCUT2D eigenvalue weighted by atomic mass is 10.1. The van der Waals surface area contributed by atoms with E-state index in [0.717, 1.165) is 31.5 Å². The molecule has 1 saturated carbocycles. The molecule has 0 bridgehead atoms. The number of carbonyl (C=O) groups excluding carboxylic acids is 1. The number of fused-ring (bicyclic) bond motifs is 1. The van der Waals surface area contributed by atoms with Gasteiger partial charge in [0.2, 0.25) is 0 Å².